The lowest BCUT2D eigenvalue weighted by atomic mass is 9.48. The number of hydrogen-bond acceptors (Lipinski definition) is 4. The zero-order valence-electron chi connectivity index (χ0n) is 19.3. The van der Waals surface area contributed by atoms with Crippen molar-refractivity contribution in [3.8, 4) is 0 Å². The Morgan fingerprint density at radius 1 is 1.06 bits per heavy atom. The van der Waals surface area contributed by atoms with Crippen LogP contribution in [-0.4, -0.2) is 17.3 Å². The van der Waals surface area contributed by atoms with E-state index in [1.807, 2.05) is 11.3 Å². The molecule has 0 spiro atoms. The molecule has 2 aromatic rings. The first-order valence-electron chi connectivity index (χ1n) is 12.5. The number of nitrogens with zero attached hydrogens (tertiary/aromatic N) is 1. The number of hydrogen-bond donors (Lipinski definition) is 1. The van der Waals surface area contributed by atoms with E-state index in [1.165, 1.54) is 34.5 Å². The van der Waals surface area contributed by atoms with E-state index in [4.69, 9.17) is 4.98 Å². The van der Waals surface area contributed by atoms with Crippen LogP contribution in [0.5, 0.6) is 0 Å². The number of Topliss-reactive ketones (excluding diaryl/α,β-unsaturated/α-hetero) is 1. The van der Waals surface area contributed by atoms with Gasteiger partial charge in [-0.2, -0.15) is 0 Å². The van der Waals surface area contributed by atoms with E-state index in [9.17, 15) is 4.79 Å². The molecule has 0 bridgehead atoms. The number of carbonyl (C=O) groups is 1. The first-order chi connectivity index (χ1) is 15.5. The summed E-state index contributed by atoms with van der Waals surface area (Å²) in [4.78, 5) is 19.3. The second-order valence-electron chi connectivity index (χ2n) is 11.0. The van der Waals surface area contributed by atoms with Crippen LogP contribution in [0.25, 0.3) is 5.57 Å². The van der Waals surface area contributed by atoms with Gasteiger partial charge in [-0.3, -0.25) is 4.79 Å². The average Bonchev–Trinajstić information content (AvgIpc) is 3.34. The molecule has 4 aliphatic rings. The molecule has 1 heterocycles. The van der Waals surface area contributed by atoms with E-state index in [0.29, 0.717) is 23.5 Å². The van der Waals surface area contributed by atoms with Crippen molar-refractivity contribution in [1.29, 1.82) is 0 Å². The van der Waals surface area contributed by atoms with Crippen LogP contribution in [0.4, 0.5) is 5.13 Å². The molecule has 32 heavy (non-hydrogen) atoms. The van der Waals surface area contributed by atoms with Crippen LogP contribution in [0.2, 0.25) is 0 Å². The van der Waals surface area contributed by atoms with Crippen molar-refractivity contribution in [2.75, 3.05) is 11.9 Å². The number of anilines is 1. The maximum Gasteiger partial charge on any atom is 0.183 e. The largest absolute Gasteiger partial charge is 0.361 e. The summed E-state index contributed by atoms with van der Waals surface area (Å²) >= 11 is 1.86. The van der Waals surface area contributed by atoms with Gasteiger partial charge in [0, 0.05) is 23.3 Å². The Hall–Kier alpha value is -1.94. The molecule has 1 aromatic carbocycles. The summed E-state index contributed by atoms with van der Waals surface area (Å²) in [7, 11) is 0. The van der Waals surface area contributed by atoms with Crippen molar-refractivity contribution in [2.24, 2.45) is 28.6 Å². The second-order valence-corrected chi connectivity index (χ2v) is 12.1. The fourth-order valence-corrected chi connectivity index (χ4v) is 8.69. The summed E-state index contributed by atoms with van der Waals surface area (Å²) < 4.78 is 0. The van der Waals surface area contributed by atoms with Crippen LogP contribution in [0.3, 0.4) is 0 Å². The van der Waals surface area contributed by atoms with Crippen LogP contribution in [0.1, 0.15) is 68.5 Å². The smallest absolute Gasteiger partial charge is 0.183 e. The van der Waals surface area contributed by atoms with Crippen LogP contribution < -0.4 is 5.32 Å². The molecule has 0 saturated heterocycles. The highest BCUT2D eigenvalue weighted by Gasteiger charge is 2.58. The van der Waals surface area contributed by atoms with Crippen molar-refractivity contribution >= 4 is 27.8 Å². The predicted octanol–water partition coefficient (Wildman–Crippen LogP) is 6.55. The molecule has 168 valence electrons. The zero-order valence-corrected chi connectivity index (χ0v) is 20.1. The molecule has 1 unspecified atom stereocenters. The minimum Gasteiger partial charge on any atom is -0.361 e. The van der Waals surface area contributed by atoms with Gasteiger partial charge in [-0.1, -0.05) is 50.3 Å². The Morgan fingerprint density at radius 3 is 2.72 bits per heavy atom. The number of rotatable bonds is 4. The predicted molar refractivity (Wildman–Crippen MR) is 132 cm³/mol. The summed E-state index contributed by atoms with van der Waals surface area (Å²) in [5.74, 6) is 2.52. The molecule has 1 aromatic heterocycles. The van der Waals surface area contributed by atoms with Crippen molar-refractivity contribution in [3.05, 3.63) is 52.5 Å². The van der Waals surface area contributed by atoms with E-state index in [0.717, 1.165) is 50.2 Å². The molecule has 1 N–H and O–H groups in total. The maximum atomic E-state index is 12.7. The first kappa shape index (κ1) is 20.7. The van der Waals surface area contributed by atoms with Crippen LogP contribution in [0, 0.1) is 28.6 Å². The summed E-state index contributed by atoms with van der Waals surface area (Å²) in [6.07, 6.45) is 11.3. The molecule has 4 heteroatoms. The molecule has 0 aliphatic heterocycles. The SMILES string of the molecule is C[C@]12CCc3sc(NCCc4ccccc4)nc3C1=CC[C@H]1C3CCC(=O)[C@@]3(C)CC[C@@H]12. The molecule has 0 amide bonds. The minimum atomic E-state index is -0.0425. The molecule has 3 nitrogen and oxygen atoms in total. The average molecular weight is 447 g/mol. The van der Waals surface area contributed by atoms with Gasteiger partial charge < -0.3 is 5.32 Å². The second kappa shape index (κ2) is 7.55. The van der Waals surface area contributed by atoms with Crippen molar-refractivity contribution in [2.45, 2.75) is 65.2 Å². The lowest BCUT2D eigenvalue weighted by molar-refractivity contribution is -0.131. The van der Waals surface area contributed by atoms with Gasteiger partial charge in [0.2, 0.25) is 0 Å². The number of carbonyl (C=O) groups excluding carboxylic acids is 1. The van der Waals surface area contributed by atoms with Gasteiger partial charge in [0.1, 0.15) is 5.78 Å². The number of benzene rings is 1. The van der Waals surface area contributed by atoms with Gasteiger partial charge >= 0.3 is 0 Å². The third-order valence-corrected chi connectivity index (χ3v) is 10.6. The third-order valence-electron chi connectivity index (χ3n) is 9.53. The Bertz CT molecular complexity index is 1070. The van der Waals surface area contributed by atoms with Crippen molar-refractivity contribution in [1.82, 2.24) is 4.98 Å². The number of aromatic nitrogens is 1. The van der Waals surface area contributed by atoms with E-state index in [-0.39, 0.29) is 10.8 Å². The van der Waals surface area contributed by atoms with E-state index in [1.54, 1.807) is 0 Å². The monoisotopic (exact) mass is 446 g/mol. The highest BCUT2D eigenvalue weighted by molar-refractivity contribution is 7.15. The molecular weight excluding hydrogens is 412 g/mol. The summed E-state index contributed by atoms with van der Waals surface area (Å²) in [6, 6.07) is 10.7. The third kappa shape index (κ3) is 3.05. The van der Waals surface area contributed by atoms with E-state index < -0.39 is 0 Å². The highest BCUT2D eigenvalue weighted by atomic mass is 32.1. The van der Waals surface area contributed by atoms with Gasteiger partial charge in [0.05, 0.1) is 5.69 Å². The van der Waals surface area contributed by atoms with Crippen LogP contribution in [-0.2, 0) is 17.6 Å². The van der Waals surface area contributed by atoms with Crippen molar-refractivity contribution < 1.29 is 4.79 Å². The topological polar surface area (TPSA) is 42.0 Å². The number of nitrogens with one attached hydrogen (secondary N) is 1. The molecule has 5 atom stereocenters. The Morgan fingerprint density at radius 2 is 1.88 bits per heavy atom. The fraction of sp³-hybridized carbons (Fsp3) is 0.571. The minimum absolute atomic E-state index is 0.0425. The van der Waals surface area contributed by atoms with Gasteiger partial charge in [-0.05, 0) is 79.3 Å². The van der Waals surface area contributed by atoms with Crippen LogP contribution >= 0.6 is 11.3 Å². The van der Waals surface area contributed by atoms with Gasteiger partial charge in [-0.25, -0.2) is 4.98 Å². The lowest BCUT2D eigenvalue weighted by Crippen LogP contribution is -2.49. The molecule has 4 aliphatic carbocycles. The Labute approximate surface area is 195 Å². The standard InChI is InChI=1S/C28H34N2OS/c1-27-16-13-23-25(30-26(32-23)29-17-14-18-6-4-3-5-7-18)22(27)9-8-19-20-10-11-24(31)28(20,2)15-12-21(19)27/h3-7,9,19-21H,8,10-17H2,1-2H3,(H,29,30)/t19-,20?,21-,27+,28-/m0/s1. The molecular formula is C28H34N2OS. The number of ketones is 1. The quantitative estimate of drug-likeness (QED) is 0.579. The Balaban J connectivity index is 1.23. The number of fused-ring (bicyclic) bond motifs is 7. The van der Waals surface area contributed by atoms with Crippen LogP contribution in [0.15, 0.2) is 36.4 Å². The summed E-state index contributed by atoms with van der Waals surface area (Å²) in [5.41, 5.74) is 4.34. The van der Waals surface area contributed by atoms with Gasteiger partial charge in [-0.15, -0.1) is 11.3 Å². The molecule has 0 radical (unpaired) electrons. The van der Waals surface area contributed by atoms with Crippen molar-refractivity contribution in [3.63, 3.8) is 0 Å². The zero-order chi connectivity index (χ0) is 21.9. The summed E-state index contributed by atoms with van der Waals surface area (Å²) in [5, 5.41) is 4.68. The molecule has 2 saturated carbocycles. The van der Waals surface area contributed by atoms with Gasteiger partial charge in [0.15, 0.2) is 5.13 Å². The molecule has 2 fully saturated rings. The highest BCUT2D eigenvalue weighted by Crippen LogP contribution is 2.65. The fourth-order valence-electron chi connectivity index (χ4n) is 7.69. The lowest BCUT2D eigenvalue weighted by Gasteiger charge is -2.55. The molecule has 6 rings (SSSR count). The number of allylic oxidation sites excluding steroid dienone is 2. The first-order valence-corrected chi connectivity index (χ1v) is 13.3. The van der Waals surface area contributed by atoms with E-state index >= 15 is 0 Å². The Kier molecular flexibility index (Phi) is 4.87. The van der Waals surface area contributed by atoms with E-state index in [2.05, 4.69) is 55.6 Å². The maximum absolute atomic E-state index is 12.7. The van der Waals surface area contributed by atoms with Gasteiger partial charge in [0.25, 0.3) is 0 Å². The normalized spacial score (nSPS) is 35.4. The number of aryl methyl sites for hydroxylation is 1. The number of thiazole rings is 1. The summed E-state index contributed by atoms with van der Waals surface area (Å²) in [6.45, 7) is 5.71.